The molecule has 5 nitrogen and oxygen atoms in total. The Morgan fingerprint density at radius 2 is 1.50 bits per heavy atom. The first-order valence-corrected chi connectivity index (χ1v) is 9.46. The third-order valence-electron chi connectivity index (χ3n) is 4.98. The van der Waals surface area contributed by atoms with Gasteiger partial charge in [0.2, 0.25) is 5.91 Å². The molecular formula is C23H27NO4. The number of hydrogen-bond acceptors (Lipinski definition) is 4. The lowest BCUT2D eigenvalue weighted by molar-refractivity contribution is -0.156. The van der Waals surface area contributed by atoms with Crippen molar-refractivity contribution >= 4 is 11.9 Å². The van der Waals surface area contributed by atoms with E-state index in [2.05, 4.69) is 0 Å². The molecular weight excluding hydrogens is 354 g/mol. The fourth-order valence-electron chi connectivity index (χ4n) is 3.68. The summed E-state index contributed by atoms with van der Waals surface area (Å²) < 4.78 is 10.9. The summed E-state index contributed by atoms with van der Waals surface area (Å²) >= 11 is 0. The summed E-state index contributed by atoms with van der Waals surface area (Å²) in [5, 5.41) is 0. The summed E-state index contributed by atoms with van der Waals surface area (Å²) in [6.45, 7) is 6.13. The molecule has 2 aromatic carbocycles. The van der Waals surface area contributed by atoms with Gasteiger partial charge in [-0.15, -0.1) is 0 Å². The number of benzene rings is 2. The van der Waals surface area contributed by atoms with Gasteiger partial charge in [-0.1, -0.05) is 81.4 Å². The first kappa shape index (κ1) is 20.1. The third-order valence-corrected chi connectivity index (χ3v) is 4.98. The van der Waals surface area contributed by atoms with Gasteiger partial charge in [-0.3, -0.25) is 9.69 Å². The van der Waals surface area contributed by atoms with Crippen LogP contribution in [0.5, 0.6) is 0 Å². The Labute approximate surface area is 166 Å². The minimum atomic E-state index is -0.753. The summed E-state index contributed by atoms with van der Waals surface area (Å²) in [7, 11) is 1.33. The molecule has 2 aromatic rings. The van der Waals surface area contributed by atoms with Crippen LogP contribution in [0.25, 0.3) is 0 Å². The van der Waals surface area contributed by atoms with Gasteiger partial charge in [-0.2, -0.15) is 0 Å². The molecule has 1 amide bonds. The van der Waals surface area contributed by atoms with Gasteiger partial charge in [0, 0.05) is 5.41 Å². The zero-order valence-electron chi connectivity index (χ0n) is 16.8. The molecule has 1 fully saturated rings. The normalized spacial score (nSPS) is 19.7. The lowest BCUT2D eigenvalue weighted by atomic mass is 9.87. The maximum atomic E-state index is 13.9. The second-order valence-electron chi connectivity index (χ2n) is 8.09. The van der Waals surface area contributed by atoms with Crippen LogP contribution in [0.2, 0.25) is 0 Å². The van der Waals surface area contributed by atoms with E-state index in [1.54, 1.807) is 4.90 Å². The topological polar surface area (TPSA) is 55.8 Å². The van der Waals surface area contributed by atoms with Crippen molar-refractivity contribution in [3.05, 3.63) is 71.8 Å². The molecule has 2 atom stereocenters. The van der Waals surface area contributed by atoms with Crippen LogP contribution in [0.15, 0.2) is 60.7 Å². The summed E-state index contributed by atoms with van der Waals surface area (Å²) in [4.78, 5) is 27.9. The van der Waals surface area contributed by atoms with Gasteiger partial charge in [0.05, 0.1) is 19.6 Å². The van der Waals surface area contributed by atoms with Crippen molar-refractivity contribution in [1.82, 2.24) is 4.90 Å². The largest absolute Gasteiger partial charge is 0.467 e. The van der Waals surface area contributed by atoms with Crippen LogP contribution in [0.4, 0.5) is 0 Å². The minimum Gasteiger partial charge on any atom is -0.467 e. The zero-order chi connectivity index (χ0) is 20.3. The van der Waals surface area contributed by atoms with E-state index in [1.807, 2.05) is 81.4 Å². The molecule has 0 bridgehead atoms. The second kappa shape index (κ2) is 8.15. The van der Waals surface area contributed by atoms with Crippen LogP contribution in [-0.2, 0) is 19.1 Å². The predicted molar refractivity (Wildman–Crippen MR) is 107 cm³/mol. The number of rotatable bonds is 4. The Kier molecular flexibility index (Phi) is 5.84. The molecule has 0 aromatic heterocycles. The SMILES string of the molecule is COC(=O)[C@@H]1CO[C@@H](C(C)(C)C)N1C(=O)C(c1ccccc1)c1ccccc1. The van der Waals surface area contributed by atoms with Crippen LogP contribution in [0, 0.1) is 5.41 Å². The van der Waals surface area contributed by atoms with Crippen molar-refractivity contribution < 1.29 is 19.1 Å². The van der Waals surface area contributed by atoms with Gasteiger partial charge < -0.3 is 9.47 Å². The van der Waals surface area contributed by atoms with Crippen molar-refractivity contribution in [2.75, 3.05) is 13.7 Å². The van der Waals surface area contributed by atoms with Gasteiger partial charge in [-0.25, -0.2) is 4.79 Å². The van der Waals surface area contributed by atoms with Gasteiger partial charge in [0.25, 0.3) is 0 Å². The Bertz CT molecular complexity index is 774. The Morgan fingerprint density at radius 3 is 1.93 bits per heavy atom. The lowest BCUT2D eigenvalue weighted by Crippen LogP contribution is -2.52. The highest BCUT2D eigenvalue weighted by atomic mass is 16.5. The number of amides is 1. The van der Waals surface area contributed by atoms with Crippen molar-refractivity contribution in [2.24, 2.45) is 5.41 Å². The molecule has 1 saturated heterocycles. The van der Waals surface area contributed by atoms with E-state index < -0.39 is 24.2 Å². The molecule has 3 rings (SSSR count). The van der Waals surface area contributed by atoms with Crippen molar-refractivity contribution in [3.8, 4) is 0 Å². The molecule has 5 heteroatoms. The minimum absolute atomic E-state index is 0.136. The first-order chi connectivity index (χ1) is 13.3. The molecule has 0 unspecified atom stereocenters. The first-order valence-electron chi connectivity index (χ1n) is 9.46. The van der Waals surface area contributed by atoms with E-state index in [1.165, 1.54) is 7.11 Å². The highest BCUT2D eigenvalue weighted by molar-refractivity contribution is 5.91. The maximum Gasteiger partial charge on any atom is 0.331 e. The third kappa shape index (κ3) is 3.94. The van der Waals surface area contributed by atoms with Crippen LogP contribution < -0.4 is 0 Å². The van der Waals surface area contributed by atoms with E-state index in [0.29, 0.717) is 0 Å². The highest BCUT2D eigenvalue weighted by Gasteiger charge is 2.49. The summed E-state index contributed by atoms with van der Waals surface area (Å²) in [6, 6.07) is 18.5. The fraction of sp³-hybridized carbons (Fsp3) is 0.391. The molecule has 1 aliphatic heterocycles. The average molecular weight is 381 g/mol. The van der Waals surface area contributed by atoms with E-state index in [-0.39, 0.29) is 17.9 Å². The zero-order valence-corrected chi connectivity index (χ0v) is 16.8. The summed E-state index contributed by atoms with van der Waals surface area (Å²) in [5.41, 5.74) is 1.40. The Hall–Kier alpha value is -2.66. The van der Waals surface area contributed by atoms with Crippen LogP contribution in [0.3, 0.4) is 0 Å². The fourth-order valence-corrected chi connectivity index (χ4v) is 3.68. The van der Waals surface area contributed by atoms with Gasteiger partial charge in [-0.05, 0) is 11.1 Å². The number of ether oxygens (including phenoxy) is 2. The molecule has 28 heavy (non-hydrogen) atoms. The molecule has 0 N–H and O–H groups in total. The average Bonchev–Trinajstić information content (AvgIpc) is 3.15. The van der Waals surface area contributed by atoms with E-state index >= 15 is 0 Å². The number of nitrogens with zero attached hydrogens (tertiary/aromatic N) is 1. The highest BCUT2D eigenvalue weighted by Crippen LogP contribution is 2.36. The van der Waals surface area contributed by atoms with E-state index in [9.17, 15) is 9.59 Å². The van der Waals surface area contributed by atoms with E-state index in [4.69, 9.17) is 9.47 Å². The number of esters is 1. The second-order valence-corrected chi connectivity index (χ2v) is 8.09. The van der Waals surface area contributed by atoms with Gasteiger partial charge in [0.15, 0.2) is 6.04 Å². The smallest absolute Gasteiger partial charge is 0.331 e. The van der Waals surface area contributed by atoms with Gasteiger partial charge in [0.1, 0.15) is 6.23 Å². The predicted octanol–water partition coefficient (Wildman–Crippen LogP) is 3.59. The number of methoxy groups -OCH3 is 1. The standard InChI is InChI=1S/C23H27NO4/c1-23(2,3)22-24(18(15-28-22)21(26)27-4)20(25)19(16-11-7-5-8-12-16)17-13-9-6-10-14-17/h5-14,18-19,22H,15H2,1-4H3/t18-,22-/m0/s1. The number of carbonyl (C=O) groups excluding carboxylic acids is 2. The lowest BCUT2D eigenvalue weighted by Gasteiger charge is -2.37. The van der Waals surface area contributed by atoms with Crippen molar-refractivity contribution in [1.29, 1.82) is 0 Å². The van der Waals surface area contributed by atoms with E-state index in [0.717, 1.165) is 11.1 Å². The molecule has 0 aliphatic carbocycles. The monoisotopic (exact) mass is 381 g/mol. The molecule has 1 aliphatic rings. The van der Waals surface area contributed by atoms with Crippen molar-refractivity contribution in [3.63, 3.8) is 0 Å². The van der Waals surface area contributed by atoms with Gasteiger partial charge >= 0.3 is 5.97 Å². The molecule has 1 heterocycles. The summed E-state index contributed by atoms with van der Waals surface area (Å²) in [6.07, 6.45) is -0.515. The maximum absolute atomic E-state index is 13.9. The molecule has 0 radical (unpaired) electrons. The number of carbonyl (C=O) groups is 2. The summed E-state index contributed by atoms with van der Waals surface area (Å²) in [5.74, 6) is -1.15. The van der Waals surface area contributed by atoms with Crippen LogP contribution in [0.1, 0.15) is 37.8 Å². The molecule has 148 valence electrons. The Balaban J connectivity index is 2.08. The molecule has 0 saturated carbocycles. The van der Waals surface area contributed by atoms with Crippen molar-refractivity contribution in [2.45, 2.75) is 39.0 Å². The van der Waals surface area contributed by atoms with Crippen LogP contribution in [-0.4, -0.2) is 42.8 Å². The Morgan fingerprint density at radius 1 is 1.00 bits per heavy atom. The molecule has 0 spiro atoms. The number of hydrogen-bond donors (Lipinski definition) is 0. The quantitative estimate of drug-likeness (QED) is 0.760. The van der Waals surface area contributed by atoms with Crippen LogP contribution >= 0.6 is 0 Å².